The number of hydrogen-bond acceptors (Lipinski definition) is 10. The Morgan fingerprint density at radius 1 is 1.21 bits per heavy atom. The smallest absolute Gasteiger partial charge is 0.243 e. The third-order valence-electron chi connectivity index (χ3n) is 6.10. The Labute approximate surface area is 201 Å². The first-order valence-electron chi connectivity index (χ1n) is 10.8. The average molecular weight is 506 g/mol. The molecule has 0 unspecified atom stereocenters. The molecular weight excluding hydrogens is 478 g/mol. The highest BCUT2D eigenvalue weighted by atomic mass is 32.2. The summed E-state index contributed by atoms with van der Waals surface area (Å²) in [4.78, 5) is 14.6. The normalized spacial score (nSPS) is 18.6. The van der Waals surface area contributed by atoms with Crippen LogP contribution in [0.1, 0.15) is 6.92 Å². The minimum Gasteiger partial charge on any atom is -0.361 e. The minimum atomic E-state index is -3.45. The van der Waals surface area contributed by atoms with Crippen LogP contribution in [0.2, 0.25) is 0 Å². The Bertz CT molecular complexity index is 1230. The number of fused-ring (bicyclic) bond motifs is 1. The largest absolute Gasteiger partial charge is 0.361 e. The summed E-state index contributed by atoms with van der Waals surface area (Å²) in [6.07, 6.45) is 5.61. The summed E-state index contributed by atoms with van der Waals surface area (Å²) in [6.45, 7) is 6.62. The molecule has 0 bridgehead atoms. The summed E-state index contributed by atoms with van der Waals surface area (Å²) in [5, 5.41) is 10.7. The molecule has 1 atom stereocenters. The van der Waals surface area contributed by atoms with Crippen molar-refractivity contribution in [1.82, 2.24) is 24.6 Å². The Balaban J connectivity index is 1.17. The molecule has 0 aliphatic carbocycles. The van der Waals surface area contributed by atoms with Crippen LogP contribution in [0.15, 0.2) is 40.4 Å². The maximum atomic E-state index is 13.0. The summed E-state index contributed by atoms with van der Waals surface area (Å²) in [7, 11) is -3.45. The van der Waals surface area contributed by atoms with Crippen molar-refractivity contribution in [3.05, 3.63) is 30.6 Å². The standard InChI is InChI=1S/C21H27N7O2S3/c1-14(6-23-19-24-8-15(31-2)9-25-19)7-26-20-27-17-4-3-16(5-18(17)32-20)33(29,30)28-12-21(13-28)10-22-11-21/h3-5,8-9,14,22H,6-7,10-13H2,1-2H3,(H,26,27)(H,23,24,25)/t14-/m0/s1. The second-order valence-electron chi connectivity index (χ2n) is 8.84. The van der Waals surface area contributed by atoms with Crippen molar-refractivity contribution >= 4 is 54.4 Å². The Hall–Kier alpha value is -1.99. The van der Waals surface area contributed by atoms with Gasteiger partial charge in [0.15, 0.2) is 5.13 Å². The van der Waals surface area contributed by atoms with Gasteiger partial charge < -0.3 is 16.0 Å². The van der Waals surface area contributed by atoms with Crippen LogP contribution in [0.3, 0.4) is 0 Å². The third kappa shape index (κ3) is 4.67. The fourth-order valence-electron chi connectivity index (χ4n) is 3.98. The molecule has 5 rings (SSSR count). The maximum Gasteiger partial charge on any atom is 0.243 e. The molecule has 2 aromatic heterocycles. The fraction of sp³-hybridized carbons (Fsp3) is 0.476. The topological polar surface area (TPSA) is 112 Å². The number of nitrogens with zero attached hydrogens (tertiary/aromatic N) is 4. The molecule has 2 fully saturated rings. The number of aromatic nitrogens is 3. The van der Waals surface area contributed by atoms with E-state index < -0.39 is 10.0 Å². The first kappa shape index (κ1) is 22.8. The lowest BCUT2D eigenvalue weighted by atomic mass is 9.76. The number of sulfonamides is 1. The van der Waals surface area contributed by atoms with Gasteiger partial charge in [-0.2, -0.15) is 4.31 Å². The maximum absolute atomic E-state index is 13.0. The van der Waals surface area contributed by atoms with E-state index >= 15 is 0 Å². The van der Waals surface area contributed by atoms with E-state index in [0.29, 0.717) is 29.9 Å². The number of nitrogens with one attached hydrogen (secondary N) is 3. The number of thioether (sulfide) groups is 1. The molecule has 2 saturated heterocycles. The first-order valence-corrected chi connectivity index (χ1v) is 14.3. The fourth-order valence-corrected chi connectivity index (χ4v) is 6.97. The number of thiazole rings is 1. The predicted molar refractivity (Wildman–Crippen MR) is 134 cm³/mol. The highest BCUT2D eigenvalue weighted by molar-refractivity contribution is 7.98. The summed E-state index contributed by atoms with van der Waals surface area (Å²) in [6, 6.07) is 5.21. The highest BCUT2D eigenvalue weighted by Crippen LogP contribution is 2.38. The summed E-state index contributed by atoms with van der Waals surface area (Å²) < 4.78 is 28.4. The number of anilines is 2. The summed E-state index contributed by atoms with van der Waals surface area (Å²) in [5.41, 5.74) is 0.965. The van der Waals surface area contributed by atoms with E-state index in [-0.39, 0.29) is 5.41 Å². The molecule has 1 aromatic carbocycles. The van der Waals surface area contributed by atoms with Gasteiger partial charge in [-0.1, -0.05) is 18.3 Å². The zero-order valence-electron chi connectivity index (χ0n) is 18.5. The second kappa shape index (κ2) is 8.99. The monoisotopic (exact) mass is 505 g/mol. The van der Waals surface area contributed by atoms with Gasteiger partial charge in [-0.3, -0.25) is 0 Å². The molecule has 4 heterocycles. The molecule has 9 nitrogen and oxygen atoms in total. The van der Waals surface area contributed by atoms with Crippen LogP contribution in [0, 0.1) is 11.3 Å². The van der Waals surface area contributed by atoms with Crippen molar-refractivity contribution in [2.24, 2.45) is 11.3 Å². The third-order valence-corrected chi connectivity index (χ3v) is 9.54. The van der Waals surface area contributed by atoms with E-state index in [1.807, 2.05) is 18.6 Å². The number of benzene rings is 1. The van der Waals surface area contributed by atoms with Crippen molar-refractivity contribution in [3.8, 4) is 0 Å². The van der Waals surface area contributed by atoms with Crippen LogP contribution in [0.5, 0.6) is 0 Å². The van der Waals surface area contributed by atoms with Crippen molar-refractivity contribution in [3.63, 3.8) is 0 Å². The molecule has 3 aromatic rings. The Morgan fingerprint density at radius 2 is 1.94 bits per heavy atom. The van der Waals surface area contributed by atoms with Gasteiger partial charge in [-0.05, 0) is 30.4 Å². The molecule has 3 N–H and O–H groups in total. The van der Waals surface area contributed by atoms with Gasteiger partial charge in [0.1, 0.15) is 0 Å². The molecule has 1 spiro atoms. The molecule has 33 heavy (non-hydrogen) atoms. The average Bonchev–Trinajstić information content (AvgIpc) is 3.16. The Kier molecular flexibility index (Phi) is 6.21. The first-order chi connectivity index (χ1) is 15.9. The molecule has 0 saturated carbocycles. The van der Waals surface area contributed by atoms with E-state index in [2.05, 4.69) is 37.8 Å². The lowest BCUT2D eigenvalue weighted by molar-refractivity contribution is 0.0164. The van der Waals surface area contributed by atoms with Crippen molar-refractivity contribution in [1.29, 1.82) is 0 Å². The minimum absolute atomic E-state index is 0.161. The molecule has 12 heteroatoms. The highest BCUT2D eigenvalue weighted by Gasteiger charge is 2.51. The number of rotatable bonds is 9. The van der Waals surface area contributed by atoms with Crippen molar-refractivity contribution in [2.45, 2.75) is 16.7 Å². The van der Waals surface area contributed by atoms with Crippen LogP contribution in [-0.2, 0) is 10.0 Å². The molecular formula is C21H27N7O2S3. The second-order valence-corrected chi connectivity index (χ2v) is 12.7. The van der Waals surface area contributed by atoms with Gasteiger partial charge in [-0.25, -0.2) is 23.4 Å². The van der Waals surface area contributed by atoms with Gasteiger partial charge in [0.25, 0.3) is 0 Å². The van der Waals surface area contributed by atoms with Crippen molar-refractivity contribution < 1.29 is 8.42 Å². The molecule has 2 aliphatic rings. The zero-order chi connectivity index (χ0) is 23.1. The van der Waals surface area contributed by atoms with Gasteiger partial charge in [0.05, 0.1) is 15.1 Å². The van der Waals surface area contributed by atoms with E-state index in [9.17, 15) is 8.42 Å². The van der Waals surface area contributed by atoms with Gasteiger partial charge in [0, 0.05) is 62.0 Å². The Morgan fingerprint density at radius 3 is 2.61 bits per heavy atom. The zero-order valence-corrected chi connectivity index (χ0v) is 21.0. The van der Waals surface area contributed by atoms with Gasteiger partial charge in [-0.15, -0.1) is 11.8 Å². The summed E-state index contributed by atoms with van der Waals surface area (Å²) >= 11 is 3.09. The van der Waals surface area contributed by atoms with Gasteiger partial charge >= 0.3 is 0 Å². The lowest BCUT2D eigenvalue weighted by Crippen LogP contribution is -2.71. The quantitative estimate of drug-likeness (QED) is 0.378. The van der Waals surface area contributed by atoms with E-state index in [1.54, 1.807) is 34.3 Å². The number of hydrogen-bond donors (Lipinski definition) is 3. The molecule has 0 radical (unpaired) electrons. The van der Waals surface area contributed by atoms with E-state index in [0.717, 1.165) is 46.4 Å². The van der Waals surface area contributed by atoms with Crippen LogP contribution < -0.4 is 16.0 Å². The van der Waals surface area contributed by atoms with E-state index in [4.69, 9.17) is 0 Å². The van der Waals surface area contributed by atoms with Crippen molar-refractivity contribution in [2.75, 3.05) is 56.2 Å². The molecule has 2 aliphatic heterocycles. The summed E-state index contributed by atoms with van der Waals surface area (Å²) in [5.74, 6) is 0.937. The lowest BCUT2D eigenvalue weighted by Gasteiger charge is -2.55. The van der Waals surface area contributed by atoms with Gasteiger partial charge in [0.2, 0.25) is 16.0 Å². The van der Waals surface area contributed by atoms with Crippen LogP contribution in [0.4, 0.5) is 11.1 Å². The predicted octanol–water partition coefficient (Wildman–Crippen LogP) is 2.56. The van der Waals surface area contributed by atoms with Crippen LogP contribution >= 0.6 is 23.1 Å². The van der Waals surface area contributed by atoms with Crippen LogP contribution in [0.25, 0.3) is 10.2 Å². The SMILES string of the molecule is CSc1cnc(NC[C@H](C)CNc2nc3ccc(S(=O)(=O)N4CC5(CNC5)C4)cc3s2)nc1. The van der Waals surface area contributed by atoms with E-state index in [1.165, 1.54) is 11.3 Å². The molecule has 176 valence electrons. The van der Waals surface area contributed by atoms with Crippen LogP contribution in [-0.4, -0.2) is 73.2 Å². The molecule has 0 amide bonds.